The Labute approximate surface area is 144 Å². The van der Waals surface area contributed by atoms with Crippen molar-refractivity contribution in [3.8, 4) is 17.2 Å². The van der Waals surface area contributed by atoms with Crippen LogP contribution < -0.4 is 25.3 Å². The van der Waals surface area contributed by atoms with E-state index in [2.05, 4.69) is 5.32 Å². The highest BCUT2D eigenvalue weighted by molar-refractivity contribution is 5.96. The van der Waals surface area contributed by atoms with E-state index in [1.165, 1.54) is 21.3 Å². The van der Waals surface area contributed by atoms with E-state index >= 15 is 0 Å². The van der Waals surface area contributed by atoms with Crippen LogP contribution in [0.5, 0.6) is 17.2 Å². The Hall–Kier alpha value is -1.66. The van der Waals surface area contributed by atoms with Crippen molar-refractivity contribution < 1.29 is 19.0 Å². The molecule has 0 unspecified atom stereocenters. The zero-order valence-corrected chi connectivity index (χ0v) is 15.2. The molecule has 0 bridgehead atoms. The molecule has 1 rings (SSSR count). The molecule has 23 heavy (non-hydrogen) atoms. The first-order valence-corrected chi connectivity index (χ1v) is 7.33. The largest absolute Gasteiger partial charge is 0.493 e. The van der Waals surface area contributed by atoms with E-state index in [4.69, 9.17) is 19.9 Å². The van der Waals surface area contributed by atoms with Gasteiger partial charge in [0.2, 0.25) is 11.7 Å². The first kappa shape index (κ1) is 21.3. The van der Waals surface area contributed by atoms with E-state index < -0.39 is 5.41 Å². The maximum absolute atomic E-state index is 12.6. The quantitative estimate of drug-likeness (QED) is 0.756. The molecule has 0 saturated heterocycles. The predicted molar refractivity (Wildman–Crippen MR) is 94.0 cm³/mol. The Morgan fingerprint density at radius 3 is 1.87 bits per heavy atom. The second kappa shape index (κ2) is 9.47. The van der Waals surface area contributed by atoms with Crippen LogP contribution in [0.25, 0.3) is 0 Å². The number of halogens is 1. The van der Waals surface area contributed by atoms with E-state index in [1.54, 1.807) is 12.1 Å². The number of methoxy groups -OCH3 is 3. The highest BCUT2D eigenvalue weighted by Gasteiger charge is 2.33. The highest BCUT2D eigenvalue weighted by Crippen LogP contribution is 2.40. The maximum Gasteiger partial charge on any atom is 0.231 e. The van der Waals surface area contributed by atoms with Gasteiger partial charge in [-0.1, -0.05) is 13.8 Å². The molecule has 0 aromatic heterocycles. The van der Waals surface area contributed by atoms with Crippen LogP contribution in [0, 0.1) is 5.41 Å². The summed E-state index contributed by atoms with van der Waals surface area (Å²) < 4.78 is 15.8. The molecule has 6 nitrogen and oxygen atoms in total. The minimum Gasteiger partial charge on any atom is -0.493 e. The van der Waals surface area contributed by atoms with Gasteiger partial charge in [0, 0.05) is 24.4 Å². The third-order valence-electron chi connectivity index (χ3n) is 4.15. The standard InChI is InChI=1S/C16H26N2O4.ClH/c1-6-16(7-2,10-17)15(19)18-11-8-12(20-3)14(22-5)13(9-11)21-4;/h8-9H,6-7,10,17H2,1-5H3,(H,18,19);1H. The summed E-state index contributed by atoms with van der Waals surface area (Å²) in [5.41, 5.74) is 5.82. The smallest absolute Gasteiger partial charge is 0.231 e. The van der Waals surface area contributed by atoms with E-state index in [0.717, 1.165) is 0 Å². The summed E-state index contributed by atoms with van der Waals surface area (Å²) in [6.45, 7) is 4.23. The molecular weight excluding hydrogens is 320 g/mol. The fourth-order valence-corrected chi connectivity index (χ4v) is 2.37. The molecule has 0 atom stereocenters. The van der Waals surface area contributed by atoms with Gasteiger partial charge in [-0.3, -0.25) is 4.79 Å². The Balaban J connectivity index is 0.00000484. The summed E-state index contributed by atoms with van der Waals surface area (Å²) in [6, 6.07) is 3.40. The van der Waals surface area contributed by atoms with Gasteiger partial charge in [-0.25, -0.2) is 0 Å². The SMILES string of the molecule is CCC(CC)(CN)C(=O)Nc1cc(OC)c(OC)c(OC)c1.Cl. The van der Waals surface area contributed by atoms with Crippen LogP contribution in [0.15, 0.2) is 12.1 Å². The van der Waals surface area contributed by atoms with Crippen molar-refractivity contribution >= 4 is 24.0 Å². The van der Waals surface area contributed by atoms with E-state index in [0.29, 0.717) is 42.3 Å². The van der Waals surface area contributed by atoms with Crippen molar-refractivity contribution in [1.82, 2.24) is 0 Å². The van der Waals surface area contributed by atoms with Crippen LogP contribution in [-0.2, 0) is 4.79 Å². The number of carbonyl (C=O) groups excluding carboxylic acids is 1. The summed E-state index contributed by atoms with van der Waals surface area (Å²) >= 11 is 0. The average Bonchev–Trinajstić information content (AvgIpc) is 2.55. The lowest BCUT2D eigenvalue weighted by atomic mass is 9.81. The summed E-state index contributed by atoms with van der Waals surface area (Å²) in [7, 11) is 4.60. The Morgan fingerprint density at radius 2 is 1.57 bits per heavy atom. The molecule has 1 aromatic rings. The minimum atomic E-state index is -0.569. The number of nitrogens with two attached hydrogens (primary N) is 1. The third-order valence-corrected chi connectivity index (χ3v) is 4.15. The number of rotatable bonds is 8. The molecule has 0 aliphatic heterocycles. The average molecular weight is 347 g/mol. The van der Waals surface area contributed by atoms with Gasteiger partial charge in [0.25, 0.3) is 0 Å². The zero-order chi connectivity index (χ0) is 16.8. The van der Waals surface area contributed by atoms with Gasteiger partial charge in [0.15, 0.2) is 11.5 Å². The van der Waals surface area contributed by atoms with Crippen LogP contribution in [0.1, 0.15) is 26.7 Å². The van der Waals surface area contributed by atoms with Crippen LogP contribution in [0.3, 0.4) is 0 Å². The predicted octanol–water partition coefficient (Wildman–Crippen LogP) is 2.84. The summed E-state index contributed by atoms with van der Waals surface area (Å²) in [6.07, 6.45) is 1.35. The maximum atomic E-state index is 12.6. The number of nitrogens with one attached hydrogen (secondary N) is 1. The van der Waals surface area contributed by atoms with Crippen molar-refractivity contribution in [3.63, 3.8) is 0 Å². The summed E-state index contributed by atoms with van der Waals surface area (Å²) in [4.78, 5) is 12.6. The number of carbonyl (C=O) groups is 1. The molecule has 0 spiro atoms. The van der Waals surface area contributed by atoms with Gasteiger partial charge in [-0.15, -0.1) is 12.4 Å². The summed E-state index contributed by atoms with van der Waals surface area (Å²) in [5.74, 6) is 1.36. The van der Waals surface area contributed by atoms with Crippen molar-refractivity contribution in [2.75, 3.05) is 33.2 Å². The van der Waals surface area contributed by atoms with Crippen molar-refractivity contribution in [3.05, 3.63) is 12.1 Å². The number of amides is 1. The first-order chi connectivity index (χ1) is 10.5. The van der Waals surface area contributed by atoms with Gasteiger partial charge in [-0.2, -0.15) is 0 Å². The lowest BCUT2D eigenvalue weighted by molar-refractivity contribution is -0.125. The lowest BCUT2D eigenvalue weighted by Crippen LogP contribution is -2.41. The fourth-order valence-electron chi connectivity index (χ4n) is 2.37. The van der Waals surface area contributed by atoms with Crippen molar-refractivity contribution in [2.45, 2.75) is 26.7 Å². The van der Waals surface area contributed by atoms with E-state index in [-0.39, 0.29) is 18.3 Å². The van der Waals surface area contributed by atoms with Crippen LogP contribution in [0.4, 0.5) is 5.69 Å². The van der Waals surface area contributed by atoms with Crippen molar-refractivity contribution in [1.29, 1.82) is 0 Å². The molecule has 1 aromatic carbocycles. The number of hydrogen-bond donors (Lipinski definition) is 2. The van der Waals surface area contributed by atoms with Crippen LogP contribution in [-0.4, -0.2) is 33.8 Å². The second-order valence-corrected chi connectivity index (χ2v) is 5.06. The van der Waals surface area contributed by atoms with Crippen LogP contribution in [0.2, 0.25) is 0 Å². The molecule has 0 heterocycles. The Morgan fingerprint density at radius 1 is 1.09 bits per heavy atom. The third kappa shape index (κ3) is 4.42. The van der Waals surface area contributed by atoms with E-state index in [1.807, 2.05) is 13.8 Å². The first-order valence-electron chi connectivity index (χ1n) is 7.33. The molecule has 1 amide bonds. The number of benzene rings is 1. The second-order valence-electron chi connectivity index (χ2n) is 5.06. The number of anilines is 1. The van der Waals surface area contributed by atoms with Crippen LogP contribution >= 0.6 is 12.4 Å². The normalized spacial score (nSPS) is 10.5. The molecule has 3 N–H and O–H groups in total. The molecule has 0 aliphatic rings. The number of hydrogen-bond acceptors (Lipinski definition) is 5. The minimum absolute atomic E-state index is 0. The van der Waals surface area contributed by atoms with E-state index in [9.17, 15) is 4.79 Å². The molecule has 0 radical (unpaired) electrons. The molecular formula is C16H27ClN2O4. The number of ether oxygens (including phenoxy) is 3. The molecule has 0 saturated carbocycles. The fraction of sp³-hybridized carbons (Fsp3) is 0.562. The molecule has 0 aliphatic carbocycles. The monoisotopic (exact) mass is 346 g/mol. The van der Waals surface area contributed by atoms with Gasteiger partial charge in [-0.05, 0) is 12.8 Å². The zero-order valence-electron chi connectivity index (χ0n) is 14.4. The Kier molecular flexibility index (Phi) is 8.79. The summed E-state index contributed by atoms with van der Waals surface area (Å²) in [5, 5.41) is 2.90. The van der Waals surface area contributed by atoms with Gasteiger partial charge < -0.3 is 25.3 Å². The lowest BCUT2D eigenvalue weighted by Gasteiger charge is -2.28. The topological polar surface area (TPSA) is 82.8 Å². The molecule has 132 valence electrons. The molecule has 0 fully saturated rings. The molecule has 7 heteroatoms. The highest BCUT2D eigenvalue weighted by atomic mass is 35.5. The van der Waals surface area contributed by atoms with Gasteiger partial charge in [0.1, 0.15) is 0 Å². The Bertz CT molecular complexity index is 486. The van der Waals surface area contributed by atoms with Gasteiger partial charge in [0.05, 0.1) is 26.7 Å². The van der Waals surface area contributed by atoms with Crippen molar-refractivity contribution in [2.24, 2.45) is 11.1 Å². The van der Waals surface area contributed by atoms with Gasteiger partial charge >= 0.3 is 0 Å².